The van der Waals surface area contributed by atoms with Gasteiger partial charge in [0.05, 0.1) is 23.9 Å². The van der Waals surface area contributed by atoms with Crippen LogP contribution in [0.4, 0.5) is 0 Å². The molecule has 1 fully saturated rings. The Bertz CT molecular complexity index is 776. The summed E-state index contributed by atoms with van der Waals surface area (Å²) in [5.74, 6) is -0.0184. The predicted molar refractivity (Wildman–Crippen MR) is 103 cm³/mol. The van der Waals surface area contributed by atoms with Crippen LogP contribution in [0, 0.1) is 18.3 Å². The van der Waals surface area contributed by atoms with Crippen molar-refractivity contribution in [3.05, 3.63) is 29.8 Å². The van der Waals surface area contributed by atoms with E-state index in [-0.39, 0.29) is 18.5 Å². The molecule has 0 saturated carbocycles. The van der Waals surface area contributed by atoms with Gasteiger partial charge in [-0.2, -0.15) is 9.57 Å². The van der Waals surface area contributed by atoms with E-state index < -0.39 is 10.0 Å². The van der Waals surface area contributed by atoms with Gasteiger partial charge in [-0.15, -0.1) is 0 Å². The Kier molecular flexibility index (Phi) is 7.36. The van der Waals surface area contributed by atoms with Crippen LogP contribution in [0.25, 0.3) is 0 Å². The van der Waals surface area contributed by atoms with Gasteiger partial charge in [0.25, 0.3) is 0 Å². The zero-order chi connectivity index (χ0) is 20.0. The van der Waals surface area contributed by atoms with Crippen LogP contribution in [0.1, 0.15) is 25.8 Å². The van der Waals surface area contributed by atoms with Crippen LogP contribution in [0.3, 0.4) is 0 Å². The first-order valence-electron chi connectivity index (χ1n) is 9.21. The summed E-state index contributed by atoms with van der Waals surface area (Å²) in [5.41, 5.74) is 1.02. The third kappa shape index (κ3) is 5.51. The highest BCUT2D eigenvalue weighted by atomic mass is 32.2. The van der Waals surface area contributed by atoms with Crippen molar-refractivity contribution in [1.29, 1.82) is 5.26 Å². The molecule has 7 nitrogen and oxygen atoms in total. The lowest BCUT2D eigenvalue weighted by Gasteiger charge is -2.35. The molecule has 0 aromatic heterocycles. The van der Waals surface area contributed by atoms with Gasteiger partial charge in [-0.25, -0.2) is 8.42 Å². The summed E-state index contributed by atoms with van der Waals surface area (Å²) in [6.07, 6.45) is 0.312. The molecule has 148 valence electrons. The minimum atomic E-state index is -3.50. The van der Waals surface area contributed by atoms with E-state index in [4.69, 9.17) is 5.26 Å². The van der Waals surface area contributed by atoms with Crippen molar-refractivity contribution in [2.45, 2.75) is 38.1 Å². The standard InChI is InChI=1S/C19H28N4O3S/c1-16(2)23(10-4-9-20)19(24)15-21-11-13-22(14-12-21)27(25,26)18-7-5-17(3)6-8-18/h5-8,16H,4,10-15H2,1-3H3. The van der Waals surface area contributed by atoms with Crippen molar-refractivity contribution >= 4 is 15.9 Å². The molecular formula is C19H28N4O3S. The highest BCUT2D eigenvalue weighted by Gasteiger charge is 2.29. The molecule has 8 heteroatoms. The molecule has 1 aliphatic rings. The summed E-state index contributed by atoms with van der Waals surface area (Å²) in [5, 5.41) is 8.75. The topological polar surface area (TPSA) is 84.7 Å². The quantitative estimate of drug-likeness (QED) is 0.701. The normalized spacial score (nSPS) is 16.3. The summed E-state index contributed by atoms with van der Waals surface area (Å²) >= 11 is 0. The molecule has 1 heterocycles. The fraction of sp³-hybridized carbons (Fsp3) is 0.579. The van der Waals surface area contributed by atoms with Crippen LogP contribution >= 0.6 is 0 Å². The van der Waals surface area contributed by atoms with Gasteiger partial charge >= 0.3 is 0 Å². The number of amides is 1. The van der Waals surface area contributed by atoms with Gasteiger partial charge in [-0.05, 0) is 32.9 Å². The first-order valence-corrected chi connectivity index (χ1v) is 10.7. The molecule has 1 aromatic rings. The zero-order valence-corrected chi connectivity index (χ0v) is 17.1. The average molecular weight is 393 g/mol. The number of aryl methyl sites for hydroxylation is 1. The Morgan fingerprint density at radius 1 is 1.19 bits per heavy atom. The van der Waals surface area contributed by atoms with Gasteiger partial charge in [0.15, 0.2) is 0 Å². The van der Waals surface area contributed by atoms with Crippen LogP contribution in [0.15, 0.2) is 29.2 Å². The van der Waals surface area contributed by atoms with Crippen LogP contribution in [-0.4, -0.2) is 73.7 Å². The molecule has 0 bridgehead atoms. The molecular weight excluding hydrogens is 364 g/mol. The summed E-state index contributed by atoms with van der Waals surface area (Å²) in [6.45, 7) is 8.22. The number of piperazine rings is 1. The van der Waals surface area contributed by atoms with Crippen molar-refractivity contribution in [1.82, 2.24) is 14.1 Å². The molecule has 2 rings (SSSR count). The number of benzene rings is 1. The number of nitrogens with zero attached hydrogens (tertiary/aromatic N) is 4. The van der Waals surface area contributed by atoms with E-state index in [0.29, 0.717) is 44.0 Å². The fourth-order valence-electron chi connectivity index (χ4n) is 3.11. The van der Waals surface area contributed by atoms with Gasteiger partial charge in [0.2, 0.25) is 15.9 Å². The lowest BCUT2D eigenvalue weighted by atomic mass is 10.2. The smallest absolute Gasteiger partial charge is 0.243 e. The maximum atomic E-state index is 12.7. The molecule has 0 aliphatic carbocycles. The van der Waals surface area contributed by atoms with Crippen molar-refractivity contribution in [2.75, 3.05) is 39.3 Å². The molecule has 0 atom stereocenters. The average Bonchev–Trinajstić information content (AvgIpc) is 2.62. The van der Waals surface area contributed by atoms with Crippen molar-refractivity contribution in [3.8, 4) is 6.07 Å². The third-order valence-corrected chi connectivity index (χ3v) is 6.67. The molecule has 0 spiro atoms. The molecule has 0 unspecified atom stereocenters. The van der Waals surface area contributed by atoms with Crippen LogP contribution in [-0.2, 0) is 14.8 Å². The van der Waals surface area contributed by atoms with Gasteiger partial charge in [-0.3, -0.25) is 9.69 Å². The first-order chi connectivity index (χ1) is 12.8. The fourth-order valence-corrected chi connectivity index (χ4v) is 4.53. The number of sulfonamides is 1. The summed E-state index contributed by atoms with van der Waals surface area (Å²) in [6, 6.07) is 8.97. The van der Waals surface area contributed by atoms with Gasteiger partial charge in [-0.1, -0.05) is 17.7 Å². The Morgan fingerprint density at radius 2 is 1.78 bits per heavy atom. The molecule has 0 radical (unpaired) electrons. The first kappa shape index (κ1) is 21.4. The van der Waals surface area contributed by atoms with Gasteiger partial charge in [0, 0.05) is 38.8 Å². The largest absolute Gasteiger partial charge is 0.338 e. The van der Waals surface area contributed by atoms with Gasteiger partial charge in [0.1, 0.15) is 0 Å². The maximum Gasteiger partial charge on any atom is 0.243 e. The SMILES string of the molecule is Cc1ccc(S(=O)(=O)N2CCN(CC(=O)N(CCC#N)C(C)C)CC2)cc1. The Hall–Kier alpha value is -1.95. The number of carbonyl (C=O) groups excluding carboxylic acids is 1. The Labute approximate surface area is 162 Å². The Morgan fingerprint density at radius 3 is 2.30 bits per heavy atom. The molecule has 0 N–H and O–H groups in total. The van der Waals surface area contributed by atoms with E-state index in [2.05, 4.69) is 6.07 Å². The third-order valence-electron chi connectivity index (χ3n) is 4.76. The van der Waals surface area contributed by atoms with E-state index in [0.717, 1.165) is 5.56 Å². The lowest BCUT2D eigenvalue weighted by Crippen LogP contribution is -2.52. The second-order valence-corrected chi connectivity index (χ2v) is 9.02. The van der Waals surface area contributed by atoms with Gasteiger partial charge < -0.3 is 4.90 Å². The molecule has 27 heavy (non-hydrogen) atoms. The lowest BCUT2D eigenvalue weighted by molar-refractivity contribution is -0.134. The minimum Gasteiger partial charge on any atom is -0.338 e. The summed E-state index contributed by atoms with van der Waals surface area (Å²) in [4.78, 5) is 16.5. The van der Waals surface area contributed by atoms with E-state index in [1.54, 1.807) is 29.2 Å². The highest BCUT2D eigenvalue weighted by molar-refractivity contribution is 7.89. The van der Waals surface area contributed by atoms with E-state index in [1.807, 2.05) is 25.7 Å². The van der Waals surface area contributed by atoms with Crippen LogP contribution in [0.5, 0.6) is 0 Å². The zero-order valence-electron chi connectivity index (χ0n) is 16.3. The molecule has 1 saturated heterocycles. The number of rotatable bonds is 7. The molecule has 1 aromatic carbocycles. The maximum absolute atomic E-state index is 12.7. The molecule has 1 aliphatic heterocycles. The second-order valence-electron chi connectivity index (χ2n) is 7.08. The van der Waals surface area contributed by atoms with Crippen LogP contribution < -0.4 is 0 Å². The second kappa shape index (κ2) is 9.31. The van der Waals surface area contributed by atoms with E-state index in [9.17, 15) is 13.2 Å². The molecule has 1 amide bonds. The number of hydrogen-bond acceptors (Lipinski definition) is 5. The number of hydrogen-bond donors (Lipinski definition) is 0. The number of carbonyl (C=O) groups is 1. The van der Waals surface area contributed by atoms with Crippen molar-refractivity contribution < 1.29 is 13.2 Å². The monoisotopic (exact) mass is 392 g/mol. The van der Waals surface area contributed by atoms with Crippen LogP contribution in [0.2, 0.25) is 0 Å². The Balaban J connectivity index is 1.93. The summed E-state index contributed by atoms with van der Waals surface area (Å²) in [7, 11) is -3.50. The number of nitriles is 1. The van der Waals surface area contributed by atoms with Crippen molar-refractivity contribution in [2.24, 2.45) is 0 Å². The van der Waals surface area contributed by atoms with Crippen molar-refractivity contribution in [3.63, 3.8) is 0 Å². The summed E-state index contributed by atoms with van der Waals surface area (Å²) < 4.78 is 27.0. The minimum absolute atomic E-state index is 0.0184. The van der Waals surface area contributed by atoms with E-state index >= 15 is 0 Å². The highest BCUT2D eigenvalue weighted by Crippen LogP contribution is 2.18. The van der Waals surface area contributed by atoms with E-state index in [1.165, 1.54) is 4.31 Å². The predicted octanol–water partition coefficient (Wildman–Crippen LogP) is 1.45.